The highest BCUT2D eigenvalue weighted by molar-refractivity contribution is 7.21. The minimum absolute atomic E-state index is 0.247. The van der Waals surface area contributed by atoms with Gasteiger partial charge in [0.1, 0.15) is 10.7 Å². The molecular weight excluding hydrogens is 242 g/mol. The highest BCUT2D eigenvalue weighted by atomic mass is 35.5. The Balaban J connectivity index is 2.19. The van der Waals surface area contributed by atoms with Crippen LogP contribution in [0, 0.1) is 0 Å². The molecule has 0 spiro atoms. The smallest absolute Gasteiger partial charge is 0.222 e. The van der Waals surface area contributed by atoms with Crippen LogP contribution in [0.5, 0.6) is 0 Å². The molecule has 0 N–H and O–H groups in total. The predicted octanol–water partition coefficient (Wildman–Crippen LogP) is 3.41. The fraction of sp³-hybridized carbons (Fsp3) is 0. The van der Waals surface area contributed by atoms with Gasteiger partial charge in [-0.25, -0.2) is 15.0 Å². The number of hydrogen-bond acceptors (Lipinski definition) is 4. The fourth-order valence-electron chi connectivity index (χ4n) is 1.44. The third-order valence-electron chi connectivity index (χ3n) is 2.14. The molecule has 0 aliphatic carbocycles. The topological polar surface area (TPSA) is 38.7 Å². The first-order valence-corrected chi connectivity index (χ1v) is 5.87. The molecule has 0 unspecified atom stereocenters. The maximum atomic E-state index is 5.75. The second kappa shape index (κ2) is 3.81. The molecule has 2 heterocycles. The average molecular weight is 248 g/mol. The Bertz CT molecular complexity index is 617. The van der Waals surface area contributed by atoms with Gasteiger partial charge in [-0.05, 0) is 29.8 Å². The molecule has 2 aromatic heterocycles. The molecule has 0 radical (unpaired) electrons. The van der Waals surface area contributed by atoms with Crippen LogP contribution in [-0.2, 0) is 0 Å². The van der Waals surface area contributed by atoms with E-state index in [1.807, 2.05) is 30.3 Å². The molecule has 3 aromatic rings. The molecule has 0 fully saturated rings. The summed E-state index contributed by atoms with van der Waals surface area (Å²) in [6, 6.07) is 9.80. The Morgan fingerprint density at radius 3 is 2.75 bits per heavy atom. The quantitative estimate of drug-likeness (QED) is 0.619. The summed E-state index contributed by atoms with van der Waals surface area (Å²) in [5, 5.41) is 1.11. The van der Waals surface area contributed by atoms with Crippen LogP contribution in [0.2, 0.25) is 5.28 Å². The zero-order valence-corrected chi connectivity index (χ0v) is 9.66. The number of aromatic nitrogens is 3. The van der Waals surface area contributed by atoms with Gasteiger partial charge in [0.15, 0.2) is 0 Å². The minimum Gasteiger partial charge on any atom is -0.234 e. The monoisotopic (exact) mass is 247 g/mol. The van der Waals surface area contributed by atoms with Crippen molar-refractivity contribution >= 4 is 33.2 Å². The molecule has 78 valence electrons. The first kappa shape index (κ1) is 9.69. The lowest BCUT2D eigenvalue weighted by atomic mass is 10.3. The lowest BCUT2D eigenvalue weighted by Crippen LogP contribution is -1.85. The molecule has 1 aromatic carbocycles. The number of rotatable bonds is 1. The van der Waals surface area contributed by atoms with Crippen molar-refractivity contribution in [3.05, 3.63) is 41.8 Å². The van der Waals surface area contributed by atoms with Crippen molar-refractivity contribution in [2.24, 2.45) is 0 Å². The number of benzene rings is 1. The zero-order chi connectivity index (χ0) is 11.0. The summed E-state index contributed by atoms with van der Waals surface area (Å²) >= 11 is 7.35. The van der Waals surface area contributed by atoms with Crippen LogP contribution in [0.4, 0.5) is 0 Å². The van der Waals surface area contributed by atoms with Crippen molar-refractivity contribution in [3.63, 3.8) is 0 Å². The van der Waals surface area contributed by atoms with Crippen LogP contribution in [0.3, 0.4) is 0 Å². The molecule has 0 bridgehead atoms. The lowest BCUT2D eigenvalue weighted by molar-refractivity contribution is 1.17. The standard InChI is InChI=1S/C11H6ClN3S/c12-11-13-6-5-8(15-11)10-14-7-3-1-2-4-9(7)16-10/h1-6H. The minimum atomic E-state index is 0.247. The molecule has 0 saturated heterocycles. The molecule has 0 saturated carbocycles. The normalized spacial score (nSPS) is 10.8. The number of thiazole rings is 1. The van der Waals surface area contributed by atoms with Gasteiger partial charge in [-0.2, -0.15) is 0 Å². The number of para-hydroxylation sites is 1. The van der Waals surface area contributed by atoms with E-state index in [1.165, 1.54) is 0 Å². The largest absolute Gasteiger partial charge is 0.234 e. The SMILES string of the molecule is Clc1nccc(-c2nc3ccccc3s2)n1. The summed E-state index contributed by atoms with van der Waals surface area (Å²) in [7, 11) is 0. The number of hydrogen-bond donors (Lipinski definition) is 0. The highest BCUT2D eigenvalue weighted by Crippen LogP contribution is 2.28. The molecule has 3 rings (SSSR count). The van der Waals surface area contributed by atoms with Gasteiger partial charge >= 0.3 is 0 Å². The number of fused-ring (bicyclic) bond motifs is 1. The average Bonchev–Trinajstić information content (AvgIpc) is 2.72. The van der Waals surface area contributed by atoms with E-state index in [2.05, 4.69) is 15.0 Å². The van der Waals surface area contributed by atoms with Crippen LogP contribution in [0.15, 0.2) is 36.5 Å². The molecule has 5 heteroatoms. The van der Waals surface area contributed by atoms with Crippen molar-refractivity contribution < 1.29 is 0 Å². The van der Waals surface area contributed by atoms with E-state index < -0.39 is 0 Å². The van der Waals surface area contributed by atoms with Crippen molar-refractivity contribution in [2.75, 3.05) is 0 Å². The number of halogens is 1. The van der Waals surface area contributed by atoms with E-state index in [-0.39, 0.29) is 5.28 Å². The molecule has 0 aliphatic rings. The predicted molar refractivity (Wildman–Crippen MR) is 65.7 cm³/mol. The molecule has 3 nitrogen and oxygen atoms in total. The van der Waals surface area contributed by atoms with Gasteiger partial charge in [-0.1, -0.05) is 12.1 Å². The Morgan fingerprint density at radius 2 is 1.94 bits per heavy atom. The van der Waals surface area contributed by atoms with Crippen molar-refractivity contribution in [2.45, 2.75) is 0 Å². The van der Waals surface area contributed by atoms with Gasteiger partial charge < -0.3 is 0 Å². The summed E-state index contributed by atoms with van der Waals surface area (Å²) in [5.41, 5.74) is 1.75. The molecule has 0 aliphatic heterocycles. The van der Waals surface area contributed by atoms with Crippen LogP contribution in [-0.4, -0.2) is 15.0 Å². The van der Waals surface area contributed by atoms with Crippen molar-refractivity contribution in [3.8, 4) is 10.7 Å². The van der Waals surface area contributed by atoms with Crippen molar-refractivity contribution in [1.82, 2.24) is 15.0 Å². The fourth-order valence-corrected chi connectivity index (χ4v) is 2.52. The van der Waals surface area contributed by atoms with Crippen LogP contribution < -0.4 is 0 Å². The van der Waals surface area contributed by atoms with Gasteiger partial charge in [-0.3, -0.25) is 0 Å². The van der Waals surface area contributed by atoms with E-state index in [9.17, 15) is 0 Å². The Hall–Kier alpha value is -1.52. The summed E-state index contributed by atoms with van der Waals surface area (Å²) < 4.78 is 1.15. The second-order valence-electron chi connectivity index (χ2n) is 3.20. The third kappa shape index (κ3) is 1.66. The van der Waals surface area contributed by atoms with E-state index in [1.54, 1.807) is 17.5 Å². The van der Waals surface area contributed by atoms with E-state index in [0.717, 1.165) is 20.9 Å². The zero-order valence-electron chi connectivity index (χ0n) is 8.09. The van der Waals surface area contributed by atoms with Gasteiger partial charge in [0.05, 0.1) is 10.2 Å². The van der Waals surface area contributed by atoms with Gasteiger partial charge in [0.2, 0.25) is 5.28 Å². The molecule has 16 heavy (non-hydrogen) atoms. The summed E-state index contributed by atoms with van der Waals surface area (Å²) in [5.74, 6) is 0. The van der Waals surface area contributed by atoms with Crippen molar-refractivity contribution in [1.29, 1.82) is 0 Å². The highest BCUT2D eigenvalue weighted by Gasteiger charge is 2.07. The van der Waals surface area contributed by atoms with Gasteiger partial charge in [0.25, 0.3) is 0 Å². The van der Waals surface area contributed by atoms with Crippen LogP contribution in [0.1, 0.15) is 0 Å². The Kier molecular flexibility index (Phi) is 2.31. The second-order valence-corrected chi connectivity index (χ2v) is 4.57. The molecular formula is C11H6ClN3S. The lowest BCUT2D eigenvalue weighted by Gasteiger charge is -1.93. The molecule has 0 atom stereocenters. The summed E-state index contributed by atoms with van der Waals surface area (Å²) in [4.78, 5) is 12.5. The summed E-state index contributed by atoms with van der Waals surface area (Å²) in [6.45, 7) is 0. The van der Waals surface area contributed by atoms with E-state index in [0.29, 0.717) is 0 Å². The van der Waals surface area contributed by atoms with Crippen LogP contribution in [0.25, 0.3) is 20.9 Å². The van der Waals surface area contributed by atoms with Gasteiger partial charge in [-0.15, -0.1) is 11.3 Å². The maximum absolute atomic E-state index is 5.75. The first-order valence-electron chi connectivity index (χ1n) is 4.67. The van der Waals surface area contributed by atoms with Crippen LogP contribution >= 0.6 is 22.9 Å². The maximum Gasteiger partial charge on any atom is 0.222 e. The Labute approximate surface area is 101 Å². The van der Waals surface area contributed by atoms with E-state index >= 15 is 0 Å². The summed E-state index contributed by atoms with van der Waals surface area (Å²) in [6.07, 6.45) is 1.64. The third-order valence-corrected chi connectivity index (χ3v) is 3.38. The first-order chi connectivity index (χ1) is 7.83. The Morgan fingerprint density at radius 1 is 1.06 bits per heavy atom. The van der Waals surface area contributed by atoms with E-state index in [4.69, 9.17) is 11.6 Å². The molecule has 0 amide bonds. The number of nitrogens with zero attached hydrogens (tertiary/aromatic N) is 3. The van der Waals surface area contributed by atoms with Gasteiger partial charge in [0, 0.05) is 6.20 Å².